The van der Waals surface area contributed by atoms with Gasteiger partial charge in [0.05, 0.1) is 25.4 Å². The van der Waals surface area contributed by atoms with Gasteiger partial charge < -0.3 is 14.9 Å². The van der Waals surface area contributed by atoms with Gasteiger partial charge in [0, 0.05) is 25.7 Å². The highest BCUT2D eigenvalue weighted by Crippen LogP contribution is 2.14. The average Bonchev–Trinajstić information content (AvgIpc) is 2.58. The van der Waals surface area contributed by atoms with Crippen LogP contribution in [-0.4, -0.2) is 84.1 Å². The molecule has 2 atom stereocenters. The topological polar surface area (TPSA) is 73.2 Å². The number of likely N-dealkylation sites (tertiary alicyclic amines) is 1. The maximum Gasteiger partial charge on any atom is 0.317 e. The second-order valence-electron chi connectivity index (χ2n) is 5.12. The number of aliphatic hydroxyl groups excluding tert-OH is 1. The Morgan fingerprint density at radius 2 is 2.17 bits per heavy atom. The number of β-amino-alcohol motifs (C(OH)–C–C–N with tert-alkyl or cyclic N) is 1. The smallest absolute Gasteiger partial charge is 0.317 e. The van der Waals surface area contributed by atoms with Gasteiger partial charge in [0.1, 0.15) is 0 Å². The standard InChI is InChI=1S/C12H24N2O4/c1-9(2)18-5-4-14-6-10(11(15)7-14)13(3)8-12(16)17/h9-11,15H,4-8H2,1-3H3,(H,16,17)/t10-,11+/m0/s1. The highest BCUT2D eigenvalue weighted by Gasteiger charge is 2.34. The average molecular weight is 260 g/mol. The number of hydrogen-bond donors (Lipinski definition) is 2. The summed E-state index contributed by atoms with van der Waals surface area (Å²) in [5.74, 6) is -0.869. The third kappa shape index (κ3) is 4.89. The fraction of sp³-hybridized carbons (Fsp3) is 0.917. The summed E-state index contributed by atoms with van der Waals surface area (Å²) in [6, 6.07) is -0.111. The molecule has 1 fully saturated rings. The van der Waals surface area contributed by atoms with Gasteiger partial charge in [-0.3, -0.25) is 14.6 Å². The first-order valence-electron chi connectivity index (χ1n) is 6.34. The van der Waals surface area contributed by atoms with E-state index in [2.05, 4.69) is 4.90 Å². The van der Waals surface area contributed by atoms with Gasteiger partial charge in [-0.15, -0.1) is 0 Å². The lowest BCUT2D eigenvalue weighted by molar-refractivity contribution is -0.138. The Morgan fingerprint density at radius 3 is 2.72 bits per heavy atom. The number of likely N-dealkylation sites (N-methyl/N-ethyl adjacent to an activating group) is 1. The highest BCUT2D eigenvalue weighted by atomic mass is 16.5. The van der Waals surface area contributed by atoms with Crippen LogP contribution >= 0.6 is 0 Å². The number of rotatable bonds is 7. The fourth-order valence-corrected chi connectivity index (χ4v) is 2.21. The van der Waals surface area contributed by atoms with Crippen LogP contribution in [0.3, 0.4) is 0 Å². The minimum Gasteiger partial charge on any atom is -0.480 e. The third-order valence-corrected chi connectivity index (χ3v) is 3.14. The van der Waals surface area contributed by atoms with Crippen LogP contribution in [0.1, 0.15) is 13.8 Å². The van der Waals surface area contributed by atoms with Crippen LogP contribution in [0.2, 0.25) is 0 Å². The molecule has 0 aromatic heterocycles. The van der Waals surface area contributed by atoms with Crippen LogP contribution in [0.4, 0.5) is 0 Å². The number of carbonyl (C=O) groups is 1. The van der Waals surface area contributed by atoms with Gasteiger partial charge in [-0.1, -0.05) is 0 Å². The van der Waals surface area contributed by atoms with E-state index in [1.165, 1.54) is 0 Å². The van der Waals surface area contributed by atoms with E-state index in [1.807, 2.05) is 13.8 Å². The van der Waals surface area contributed by atoms with E-state index in [9.17, 15) is 9.90 Å². The SMILES string of the molecule is CC(C)OCCN1C[C@@H](O)[C@@H](N(C)CC(=O)O)C1. The Balaban J connectivity index is 2.34. The summed E-state index contributed by atoms with van der Waals surface area (Å²) in [6.07, 6.45) is -0.281. The quantitative estimate of drug-likeness (QED) is 0.641. The van der Waals surface area contributed by atoms with E-state index in [0.29, 0.717) is 19.7 Å². The molecule has 18 heavy (non-hydrogen) atoms. The van der Waals surface area contributed by atoms with Crippen molar-refractivity contribution < 1.29 is 19.7 Å². The summed E-state index contributed by atoms with van der Waals surface area (Å²) >= 11 is 0. The molecule has 2 N–H and O–H groups in total. The Labute approximate surface area is 108 Å². The maximum absolute atomic E-state index is 10.6. The van der Waals surface area contributed by atoms with E-state index in [-0.39, 0.29) is 18.7 Å². The summed E-state index contributed by atoms with van der Waals surface area (Å²) in [4.78, 5) is 14.4. The molecule has 1 aliphatic rings. The fourth-order valence-electron chi connectivity index (χ4n) is 2.21. The minimum atomic E-state index is -0.869. The van der Waals surface area contributed by atoms with Crippen LogP contribution in [0.5, 0.6) is 0 Å². The molecule has 0 spiro atoms. The summed E-state index contributed by atoms with van der Waals surface area (Å²) in [5, 5.41) is 18.7. The second kappa shape index (κ2) is 7.04. The molecule has 0 unspecified atom stereocenters. The number of ether oxygens (including phenoxy) is 1. The molecule has 1 aliphatic heterocycles. The van der Waals surface area contributed by atoms with Gasteiger partial charge in [-0.05, 0) is 20.9 Å². The van der Waals surface area contributed by atoms with Crippen molar-refractivity contribution in [3.8, 4) is 0 Å². The molecular formula is C12H24N2O4. The molecular weight excluding hydrogens is 236 g/mol. The first kappa shape index (κ1) is 15.4. The molecule has 0 saturated carbocycles. The summed E-state index contributed by atoms with van der Waals surface area (Å²) < 4.78 is 5.47. The monoisotopic (exact) mass is 260 g/mol. The van der Waals surface area contributed by atoms with Crippen molar-refractivity contribution in [2.75, 3.05) is 39.8 Å². The summed E-state index contributed by atoms with van der Waals surface area (Å²) in [5.41, 5.74) is 0. The van der Waals surface area contributed by atoms with Gasteiger partial charge in [0.2, 0.25) is 0 Å². The summed E-state index contributed by atoms with van der Waals surface area (Å²) in [6.45, 7) is 6.61. The van der Waals surface area contributed by atoms with Gasteiger partial charge >= 0.3 is 5.97 Å². The first-order chi connectivity index (χ1) is 8.40. The first-order valence-corrected chi connectivity index (χ1v) is 6.34. The molecule has 0 amide bonds. The zero-order valence-corrected chi connectivity index (χ0v) is 11.4. The second-order valence-corrected chi connectivity index (χ2v) is 5.12. The van der Waals surface area contributed by atoms with Crippen LogP contribution in [0.25, 0.3) is 0 Å². The molecule has 1 saturated heterocycles. The molecule has 1 heterocycles. The largest absolute Gasteiger partial charge is 0.480 e. The number of aliphatic carboxylic acids is 1. The van der Waals surface area contributed by atoms with Crippen LogP contribution in [0, 0.1) is 0 Å². The van der Waals surface area contributed by atoms with E-state index >= 15 is 0 Å². The van der Waals surface area contributed by atoms with Gasteiger partial charge in [-0.2, -0.15) is 0 Å². The maximum atomic E-state index is 10.6. The highest BCUT2D eigenvalue weighted by molar-refractivity contribution is 5.69. The number of carboxylic acid groups (broad SMARTS) is 1. The van der Waals surface area contributed by atoms with Crippen LogP contribution in [0.15, 0.2) is 0 Å². The zero-order chi connectivity index (χ0) is 13.7. The van der Waals surface area contributed by atoms with Crippen molar-refractivity contribution in [1.82, 2.24) is 9.80 Å². The van der Waals surface area contributed by atoms with E-state index in [0.717, 1.165) is 6.54 Å². The molecule has 0 bridgehead atoms. The van der Waals surface area contributed by atoms with Crippen molar-refractivity contribution in [1.29, 1.82) is 0 Å². The van der Waals surface area contributed by atoms with E-state index in [4.69, 9.17) is 9.84 Å². The van der Waals surface area contributed by atoms with Crippen molar-refractivity contribution in [2.45, 2.75) is 32.1 Å². The molecule has 0 aromatic carbocycles. The van der Waals surface area contributed by atoms with Gasteiger partial charge in [0.15, 0.2) is 0 Å². The predicted molar refractivity (Wildman–Crippen MR) is 67.6 cm³/mol. The van der Waals surface area contributed by atoms with Crippen molar-refractivity contribution in [2.24, 2.45) is 0 Å². The van der Waals surface area contributed by atoms with Crippen molar-refractivity contribution in [3.05, 3.63) is 0 Å². The Kier molecular flexibility index (Phi) is 6.01. The predicted octanol–water partition coefficient (Wildman–Crippen LogP) is -0.527. The molecule has 6 nitrogen and oxygen atoms in total. The molecule has 0 radical (unpaired) electrons. The van der Waals surface area contributed by atoms with E-state index < -0.39 is 12.1 Å². The van der Waals surface area contributed by atoms with Gasteiger partial charge in [0.25, 0.3) is 0 Å². The molecule has 106 valence electrons. The summed E-state index contributed by atoms with van der Waals surface area (Å²) in [7, 11) is 1.73. The van der Waals surface area contributed by atoms with Crippen LogP contribution in [-0.2, 0) is 9.53 Å². The van der Waals surface area contributed by atoms with Crippen LogP contribution < -0.4 is 0 Å². The Hall–Kier alpha value is -0.690. The van der Waals surface area contributed by atoms with Crippen molar-refractivity contribution >= 4 is 5.97 Å². The lowest BCUT2D eigenvalue weighted by Crippen LogP contribution is -2.43. The van der Waals surface area contributed by atoms with Crippen molar-refractivity contribution in [3.63, 3.8) is 0 Å². The number of aliphatic hydroxyl groups is 1. The lowest BCUT2D eigenvalue weighted by Gasteiger charge is -2.24. The Morgan fingerprint density at radius 1 is 1.50 bits per heavy atom. The van der Waals surface area contributed by atoms with Gasteiger partial charge in [-0.25, -0.2) is 0 Å². The zero-order valence-electron chi connectivity index (χ0n) is 11.4. The normalized spacial score (nSPS) is 25.2. The minimum absolute atomic E-state index is 0.0436. The molecule has 6 heteroatoms. The number of carboxylic acids is 1. The molecule has 0 aromatic rings. The Bertz CT molecular complexity index is 273. The number of hydrogen-bond acceptors (Lipinski definition) is 5. The third-order valence-electron chi connectivity index (χ3n) is 3.14. The number of nitrogens with zero attached hydrogens (tertiary/aromatic N) is 2. The lowest BCUT2D eigenvalue weighted by atomic mass is 10.2. The van der Waals surface area contributed by atoms with E-state index in [1.54, 1.807) is 11.9 Å². The molecule has 0 aliphatic carbocycles. The molecule has 1 rings (SSSR count).